The Balaban J connectivity index is 1.82. The lowest BCUT2D eigenvalue weighted by molar-refractivity contribution is -0.118. The molecule has 3 heteroatoms. The third-order valence-corrected chi connectivity index (χ3v) is 2.85. The Kier molecular flexibility index (Phi) is 5.60. The van der Waals surface area contributed by atoms with Crippen LogP contribution in [0.25, 0.3) is 0 Å². The molecule has 1 fully saturated rings. The molecule has 0 aromatic carbocycles. The molecule has 0 radical (unpaired) electrons. The zero-order valence-electron chi connectivity index (χ0n) is 9.00. The Morgan fingerprint density at radius 1 is 1.07 bits per heavy atom. The van der Waals surface area contributed by atoms with Gasteiger partial charge in [0.25, 0.3) is 0 Å². The van der Waals surface area contributed by atoms with E-state index in [1.165, 1.54) is 45.3 Å². The number of primary amides is 1. The number of likely N-dealkylation sites (tertiary alicyclic amines) is 1. The first-order valence-corrected chi connectivity index (χ1v) is 5.80. The molecule has 0 spiro atoms. The summed E-state index contributed by atoms with van der Waals surface area (Å²) in [7, 11) is 0. The highest BCUT2D eigenvalue weighted by Crippen LogP contribution is 2.09. The van der Waals surface area contributed by atoms with Crippen molar-refractivity contribution in [3.63, 3.8) is 0 Å². The minimum Gasteiger partial charge on any atom is -0.370 e. The van der Waals surface area contributed by atoms with E-state index in [1.807, 2.05) is 0 Å². The lowest BCUT2D eigenvalue weighted by Gasteiger charge is -2.13. The normalized spacial score (nSPS) is 17.4. The summed E-state index contributed by atoms with van der Waals surface area (Å²) in [6.07, 6.45) is 7.95. The zero-order chi connectivity index (χ0) is 10.2. The fourth-order valence-corrected chi connectivity index (χ4v) is 1.99. The Bertz CT molecular complexity index is 165. The summed E-state index contributed by atoms with van der Waals surface area (Å²) in [5.41, 5.74) is 5.06. The van der Waals surface area contributed by atoms with Crippen LogP contribution in [0, 0.1) is 0 Å². The molecule has 14 heavy (non-hydrogen) atoms. The molecule has 1 aliphatic rings. The van der Waals surface area contributed by atoms with E-state index in [0.717, 1.165) is 12.8 Å². The lowest BCUT2D eigenvalue weighted by atomic mass is 10.1. The van der Waals surface area contributed by atoms with Gasteiger partial charge in [-0.25, -0.2) is 0 Å². The molecule has 82 valence electrons. The summed E-state index contributed by atoms with van der Waals surface area (Å²) in [5, 5.41) is 0. The Morgan fingerprint density at radius 2 is 1.71 bits per heavy atom. The molecule has 0 aromatic rings. The van der Waals surface area contributed by atoms with E-state index in [2.05, 4.69) is 4.90 Å². The summed E-state index contributed by atoms with van der Waals surface area (Å²) in [6, 6.07) is 0. The highest BCUT2D eigenvalue weighted by atomic mass is 16.1. The minimum absolute atomic E-state index is 0.162. The van der Waals surface area contributed by atoms with Crippen molar-refractivity contribution in [2.45, 2.75) is 44.9 Å². The molecule has 0 aromatic heterocycles. The molecular weight excluding hydrogens is 176 g/mol. The van der Waals surface area contributed by atoms with E-state index in [9.17, 15) is 4.79 Å². The number of rotatable bonds is 7. The van der Waals surface area contributed by atoms with E-state index >= 15 is 0 Å². The van der Waals surface area contributed by atoms with Crippen LogP contribution in [0.2, 0.25) is 0 Å². The topological polar surface area (TPSA) is 46.3 Å². The maximum absolute atomic E-state index is 10.5. The number of carbonyl (C=O) groups is 1. The zero-order valence-corrected chi connectivity index (χ0v) is 9.00. The van der Waals surface area contributed by atoms with Gasteiger partial charge in [-0.2, -0.15) is 0 Å². The average Bonchev–Trinajstić information content (AvgIpc) is 2.63. The predicted octanol–water partition coefficient (Wildman–Crippen LogP) is 1.52. The number of hydrogen-bond acceptors (Lipinski definition) is 2. The van der Waals surface area contributed by atoms with E-state index < -0.39 is 0 Å². The van der Waals surface area contributed by atoms with Crippen LogP contribution in [0.1, 0.15) is 44.9 Å². The van der Waals surface area contributed by atoms with Crippen molar-refractivity contribution in [3.8, 4) is 0 Å². The molecule has 1 rings (SSSR count). The maximum Gasteiger partial charge on any atom is 0.217 e. The van der Waals surface area contributed by atoms with Gasteiger partial charge in [0.05, 0.1) is 0 Å². The van der Waals surface area contributed by atoms with Gasteiger partial charge >= 0.3 is 0 Å². The van der Waals surface area contributed by atoms with Crippen LogP contribution in [0.4, 0.5) is 0 Å². The molecule has 1 heterocycles. The predicted molar refractivity (Wildman–Crippen MR) is 58.0 cm³/mol. The van der Waals surface area contributed by atoms with Gasteiger partial charge in [-0.05, 0) is 45.3 Å². The molecule has 1 aliphatic heterocycles. The smallest absolute Gasteiger partial charge is 0.217 e. The SMILES string of the molecule is NC(=O)CCCCCCN1CCCC1. The summed E-state index contributed by atoms with van der Waals surface area (Å²) < 4.78 is 0. The second-order valence-electron chi connectivity index (χ2n) is 4.18. The van der Waals surface area contributed by atoms with E-state index in [0.29, 0.717) is 6.42 Å². The number of nitrogens with zero attached hydrogens (tertiary/aromatic N) is 1. The molecule has 0 aliphatic carbocycles. The summed E-state index contributed by atoms with van der Waals surface area (Å²) >= 11 is 0. The van der Waals surface area contributed by atoms with Crippen molar-refractivity contribution in [1.82, 2.24) is 4.90 Å². The van der Waals surface area contributed by atoms with Crippen LogP contribution in [-0.2, 0) is 4.79 Å². The standard InChI is InChI=1S/C11H22N2O/c12-11(14)7-3-1-2-4-8-13-9-5-6-10-13/h1-10H2,(H2,12,14). The third kappa shape index (κ3) is 5.22. The van der Waals surface area contributed by atoms with E-state index in [1.54, 1.807) is 0 Å². The van der Waals surface area contributed by atoms with Crippen LogP contribution >= 0.6 is 0 Å². The Morgan fingerprint density at radius 3 is 2.36 bits per heavy atom. The highest BCUT2D eigenvalue weighted by Gasteiger charge is 2.09. The first kappa shape index (κ1) is 11.5. The van der Waals surface area contributed by atoms with Crippen LogP contribution < -0.4 is 5.73 Å². The van der Waals surface area contributed by atoms with Crippen LogP contribution in [-0.4, -0.2) is 30.4 Å². The minimum atomic E-state index is -0.162. The van der Waals surface area contributed by atoms with Crippen molar-refractivity contribution in [1.29, 1.82) is 0 Å². The fourth-order valence-electron chi connectivity index (χ4n) is 1.99. The number of unbranched alkanes of at least 4 members (excludes halogenated alkanes) is 3. The second-order valence-corrected chi connectivity index (χ2v) is 4.18. The average molecular weight is 198 g/mol. The fraction of sp³-hybridized carbons (Fsp3) is 0.909. The van der Waals surface area contributed by atoms with Crippen LogP contribution in [0.3, 0.4) is 0 Å². The van der Waals surface area contributed by atoms with E-state index in [-0.39, 0.29) is 5.91 Å². The summed E-state index contributed by atoms with van der Waals surface area (Å²) in [4.78, 5) is 13.0. The van der Waals surface area contributed by atoms with Gasteiger partial charge in [-0.15, -0.1) is 0 Å². The maximum atomic E-state index is 10.5. The molecule has 1 amide bonds. The van der Waals surface area contributed by atoms with Gasteiger partial charge in [0.1, 0.15) is 0 Å². The molecule has 0 bridgehead atoms. The van der Waals surface area contributed by atoms with E-state index in [4.69, 9.17) is 5.73 Å². The molecule has 1 saturated heterocycles. The van der Waals surface area contributed by atoms with Crippen molar-refractivity contribution >= 4 is 5.91 Å². The van der Waals surface area contributed by atoms with Crippen molar-refractivity contribution < 1.29 is 4.79 Å². The molecule has 0 atom stereocenters. The van der Waals surface area contributed by atoms with Gasteiger partial charge in [-0.1, -0.05) is 12.8 Å². The molecule has 0 unspecified atom stereocenters. The Hall–Kier alpha value is -0.570. The lowest BCUT2D eigenvalue weighted by Crippen LogP contribution is -2.20. The number of nitrogens with two attached hydrogens (primary N) is 1. The van der Waals surface area contributed by atoms with Crippen LogP contribution in [0.15, 0.2) is 0 Å². The van der Waals surface area contributed by atoms with Crippen molar-refractivity contribution in [2.75, 3.05) is 19.6 Å². The van der Waals surface area contributed by atoms with Gasteiger partial charge in [0.2, 0.25) is 5.91 Å². The summed E-state index contributed by atoms with van der Waals surface area (Å²) in [6.45, 7) is 3.83. The molecule has 0 saturated carbocycles. The van der Waals surface area contributed by atoms with Gasteiger partial charge in [0, 0.05) is 6.42 Å². The first-order chi connectivity index (χ1) is 6.79. The van der Waals surface area contributed by atoms with Crippen molar-refractivity contribution in [2.24, 2.45) is 5.73 Å². The second kappa shape index (κ2) is 6.82. The Labute approximate surface area is 86.6 Å². The third-order valence-electron chi connectivity index (χ3n) is 2.85. The monoisotopic (exact) mass is 198 g/mol. The van der Waals surface area contributed by atoms with Crippen molar-refractivity contribution in [3.05, 3.63) is 0 Å². The number of hydrogen-bond donors (Lipinski definition) is 1. The molecule has 2 N–H and O–H groups in total. The molecule has 3 nitrogen and oxygen atoms in total. The largest absolute Gasteiger partial charge is 0.370 e. The number of carbonyl (C=O) groups excluding carboxylic acids is 1. The number of amides is 1. The van der Waals surface area contributed by atoms with Gasteiger partial charge in [0.15, 0.2) is 0 Å². The summed E-state index contributed by atoms with van der Waals surface area (Å²) in [5.74, 6) is -0.162. The highest BCUT2D eigenvalue weighted by molar-refractivity contribution is 5.73. The van der Waals surface area contributed by atoms with Gasteiger partial charge < -0.3 is 10.6 Å². The first-order valence-electron chi connectivity index (χ1n) is 5.80. The quantitative estimate of drug-likeness (QED) is 0.630. The van der Waals surface area contributed by atoms with Crippen LogP contribution in [0.5, 0.6) is 0 Å². The molecular formula is C11H22N2O. The van der Waals surface area contributed by atoms with Gasteiger partial charge in [-0.3, -0.25) is 4.79 Å².